The molecular weight excluding hydrogens is 312 g/mol. The zero-order chi connectivity index (χ0) is 17.9. The van der Waals surface area contributed by atoms with Gasteiger partial charge in [-0.1, -0.05) is 25.9 Å². The summed E-state index contributed by atoms with van der Waals surface area (Å²) in [6.07, 6.45) is -0.658. The quantitative estimate of drug-likeness (QED) is 0.776. The highest BCUT2D eigenvalue weighted by atomic mass is 16.6. The van der Waals surface area contributed by atoms with Crippen molar-refractivity contribution in [3.05, 3.63) is 35.5 Å². The molecule has 0 radical (unpaired) electrons. The zero-order valence-corrected chi connectivity index (χ0v) is 14.7. The van der Waals surface area contributed by atoms with E-state index in [4.69, 9.17) is 18.7 Å². The fraction of sp³-hybridized carbons (Fsp3) is 0.471. The molecule has 0 saturated carbocycles. The molecule has 1 aromatic carbocycles. The molecule has 1 heterocycles. The van der Waals surface area contributed by atoms with Crippen molar-refractivity contribution >= 4 is 5.97 Å². The van der Waals surface area contributed by atoms with Crippen LogP contribution in [0.1, 0.15) is 55.9 Å². The first-order chi connectivity index (χ1) is 11.3. The number of hydrogen-bond donors (Lipinski definition) is 0. The van der Waals surface area contributed by atoms with Crippen LogP contribution in [-0.4, -0.2) is 30.3 Å². The normalized spacial score (nSPS) is 12.6. The maximum Gasteiger partial charge on any atom is 0.339 e. The Morgan fingerprint density at radius 1 is 1.17 bits per heavy atom. The first-order valence-corrected chi connectivity index (χ1v) is 7.53. The van der Waals surface area contributed by atoms with Gasteiger partial charge >= 0.3 is 5.97 Å². The summed E-state index contributed by atoms with van der Waals surface area (Å²) >= 11 is 0. The molecule has 0 bridgehead atoms. The number of rotatable bonds is 5. The van der Waals surface area contributed by atoms with Gasteiger partial charge in [0.2, 0.25) is 0 Å². The second kappa shape index (κ2) is 6.90. The van der Waals surface area contributed by atoms with E-state index in [9.17, 15) is 4.79 Å². The molecular formula is C17H22N2O5. The van der Waals surface area contributed by atoms with Gasteiger partial charge in [0.1, 0.15) is 0 Å². The maximum atomic E-state index is 12.3. The zero-order valence-electron chi connectivity index (χ0n) is 14.7. The van der Waals surface area contributed by atoms with Crippen LogP contribution in [0.15, 0.2) is 22.7 Å². The summed E-state index contributed by atoms with van der Waals surface area (Å²) in [5.41, 5.74) is 0.101. The van der Waals surface area contributed by atoms with Gasteiger partial charge in [0.25, 0.3) is 5.89 Å². The van der Waals surface area contributed by atoms with Gasteiger partial charge in [0.05, 0.1) is 19.8 Å². The number of hydrogen-bond acceptors (Lipinski definition) is 7. The van der Waals surface area contributed by atoms with Crippen molar-refractivity contribution in [2.45, 2.75) is 39.2 Å². The fourth-order valence-corrected chi connectivity index (χ4v) is 1.95. The fourth-order valence-electron chi connectivity index (χ4n) is 1.95. The lowest BCUT2D eigenvalue weighted by Crippen LogP contribution is -2.14. The minimum absolute atomic E-state index is 0.241. The Hall–Kier alpha value is -2.57. The minimum Gasteiger partial charge on any atom is -0.493 e. The van der Waals surface area contributed by atoms with Gasteiger partial charge in [-0.3, -0.25) is 0 Å². The van der Waals surface area contributed by atoms with Crippen LogP contribution in [0.5, 0.6) is 11.5 Å². The van der Waals surface area contributed by atoms with Crippen molar-refractivity contribution in [1.29, 1.82) is 0 Å². The Kier molecular flexibility index (Phi) is 5.11. The van der Waals surface area contributed by atoms with E-state index in [-0.39, 0.29) is 11.3 Å². The minimum atomic E-state index is -0.658. The summed E-state index contributed by atoms with van der Waals surface area (Å²) < 4.78 is 20.9. The molecule has 1 atom stereocenters. The van der Waals surface area contributed by atoms with Crippen LogP contribution >= 0.6 is 0 Å². The van der Waals surface area contributed by atoms with E-state index in [2.05, 4.69) is 10.1 Å². The van der Waals surface area contributed by atoms with Crippen LogP contribution in [0.4, 0.5) is 0 Å². The summed E-state index contributed by atoms with van der Waals surface area (Å²) in [6, 6.07) is 4.80. The van der Waals surface area contributed by atoms with Crippen LogP contribution < -0.4 is 9.47 Å². The monoisotopic (exact) mass is 334 g/mol. The van der Waals surface area contributed by atoms with Crippen molar-refractivity contribution in [3.8, 4) is 11.5 Å². The molecule has 7 heteroatoms. The molecule has 2 aromatic rings. The van der Waals surface area contributed by atoms with E-state index in [0.29, 0.717) is 22.9 Å². The van der Waals surface area contributed by atoms with Crippen molar-refractivity contribution in [2.24, 2.45) is 0 Å². The topological polar surface area (TPSA) is 83.7 Å². The molecule has 1 aromatic heterocycles. The lowest BCUT2D eigenvalue weighted by molar-refractivity contribution is 0.0265. The van der Waals surface area contributed by atoms with Crippen molar-refractivity contribution in [3.63, 3.8) is 0 Å². The number of nitrogens with zero attached hydrogens (tertiary/aromatic N) is 2. The SMILES string of the molecule is COc1ccc(C(=O)OC(C)c2nc(C(C)(C)C)no2)cc1OC. The average Bonchev–Trinajstić information content (AvgIpc) is 3.04. The number of carbonyl (C=O) groups is 1. The summed E-state index contributed by atoms with van der Waals surface area (Å²) in [5, 5.41) is 3.92. The number of methoxy groups -OCH3 is 2. The van der Waals surface area contributed by atoms with Crippen LogP contribution in [-0.2, 0) is 10.2 Å². The van der Waals surface area contributed by atoms with Gasteiger partial charge in [0.15, 0.2) is 23.4 Å². The Balaban J connectivity index is 2.13. The molecule has 24 heavy (non-hydrogen) atoms. The first kappa shape index (κ1) is 17.8. The van der Waals surface area contributed by atoms with Crippen LogP contribution in [0.3, 0.4) is 0 Å². The molecule has 7 nitrogen and oxygen atoms in total. The van der Waals surface area contributed by atoms with E-state index in [1.807, 2.05) is 20.8 Å². The van der Waals surface area contributed by atoms with Gasteiger partial charge in [0, 0.05) is 5.41 Å². The number of benzene rings is 1. The third-order valence-electron chi connectivity index (χ3n) is 3.36. The standard InChI is InChI=1S/C17H22N2O5/c1-10(14-18-16(19-24-14)17(2,3)4)23-15(20)11-7-8-12(21-5)13(9-11)22-6/h7-10H,1-6H3. The number of ether oxygens (including phenoxy) is 3. The molecule has 2 rings (SSSR count). The first-order valence-electron chi connectivity index (χ1n) is 7.53. The van der Waals surface area contributed by atoms with Gasteiger partial charge in [-0.15, -0.1) is 0 Å². The number of esters is 1. The molecule has 0 fully saturated rings. The number of carbonyl (C=O) groups excluding carboxylic acids is 1. The summed E-state index contributed by atoms with van der Waals surface area (Å²) in [7, 11) is 3.03. The summed E-state index contributed by atoms with van der Waals surface area (Å²) in [4.78, 5) is 16.6. The van der Waals surface area contributed by atoms with Gasteiger partial charge in [-0.05, 0) is 25.1 Å². The van der Waals surface area contributed by atoms with Crippen molar-refractivity contribution < 1.29 is 23.5 Å². The molecule has 0 spiro atoms. The van der Waals surface area contributed by atoms with Crippen molar-refractivity contribution in [1.82, 2.24) is 10.1 Å². The molecule has 0 aliphatic heterocycles. The highest BCUT2D eigenvalue weighted by molar-refractivity contribution is 5.90. The Labute approximate surface area is 140 Å². The van der Waals surface area contributed by atoms with Crippen molar-refractivity contribution in [2.75, 3.05) is 14.2 Å². The van der Waals surface area contributed by atoms with E-state index >= 15 is 0 Å². The van der Waals surface area contributed by atoms with Gasteiger partial charge < -0.3 is 18.7 Å². The molecule has 0 aliphatic carbocycles. The van der Waals surface area contributed by atoms with Crippen LogP contribution in [0.25, 0.3) is 0 Å². The van der Waals surface area contributed by atoms with E-state index in [1.54, 1.807) is 25.1 Å². The molecule has 130 valence electrons. The second-order valence-corrected chi connectivity index (χ2v) is 6.32. The molecule has 0 N–H and O–H groups in total. The average molecular weight is 334 g/mol. The molecule has 0 aliphatic rings. The van der Waals surface area contributed by atoms with E-state index < -0.39 is 12.1 Å². The molecule has 1 unspecified atom stereocenters. The largest absolute Gasteiger partial charge is 0.493 e. The third kappa shape index (κ3) is 3.84. The molecule has 0 saturated heterocycles. The highest BCUT2D eigenvalue weighted by Gasteiger charge is 2.25. The lowest BCUT2D eigenvalue weighted by atomic mass is 9.96. The Bertz CT molecular complexity index is 718. The second-order valence-electron chi connectivity index (χ2n) is 6.32. The van der Waals surface area contributed by atoms with Crippen LogP contribution in [0.2, 0.25) is 0 Å². The predicted molar refractivity (Wildman–Crippen MR) is 86.4 cm³/mol. The third-order valence-corrected chi connectivity index (χ3v) is 3.36. The van der Waals surface area contributed by atoms with E-state index in [0.717, 1.165) is 0 Å². The lowest BCUT2D eigenvalue weighted by Gasteiger charge is -2.12. The number of aromatic nitrogens is 2. The summed E-state index contributed by atoms with van der Waals surface area (Å²) in [5.74, 6) is 1.29. The molecule has 0 amide bonds. The predicted octanol–water partition coefficient (Wildman–Crippen LogP) is 3.30. The van der Waals surface area contributed by atoms with E-state index in [1.165, 1.54) is 14.2 Å². The smallest absolute Gasteiger partial charge is 0.339 e. The van der Waals surface area contributed by atoms with Crippen LogP contribution in [0, 0.1) is 0 Å². The van der Waals surface area contributed by atoms with Gasteiger partial charge in [-0.2, -0.15) is 4.98 Å². The Morgan fingerprint density at radius 2 is 1.83 bits per heavy atom. The van der Waals surface area contributed by atoms with Gasteiger partial charge in [-0.25, -0.2) is 4.79 Å². The highest BCUT2D eigenvalue weighted by Crippen LogP contribution is 2.29. The summed E-state index contributed by atoms with van der Waals surface area (Å²) in [6.45, 7) is 7.60. The maximum absolute atomic E-state index is 12.3. The Morgan fingerprint density at radius 3 is 2.38 bits per heavy atom.